The highest BCUT2D eigenvalue weighted by Crippen LogP contribution is 2.18. The lowest BCUT2D eigenvalue weighted by Gasteiger charge is -2.14. The van der Waals surface area contributed by atoms with Gasteiger partial charge in [-0.2, -0.15) is 0 Å². The number of ether oxygens (including phenoxy) is 1. The molecule has 0 fully saturated rings. The molecule has 5 heteroatoms. The molecule has 1 N–H and O–H groups in total. The summed E-state index contributed by atoms with van der Waals surface area (Å²) in [5, 5.41) is 3.39. The molecule has 1 heterocycles. The molecule has 0 saturated carbocycles. The highest BCUT2D eigenvalue weighted by molar-refractivity contribution is 5.25. The standard InChI is InChI=1S/C16H30N4O/c1-6-8-17-11-14-15(21-10-7-9-20(4)5)12-18-16(19-14)13(2)3/h12-13,17H,6-11H2,1-5H3. The molecular formula is C16H30N4O. The van der Waals surface area contributed by atoms with E-state index in [-0.39, 0.29) is 0 Å². The first-order valence-corrected chi connectivity index (χ1v) is 7.88. The molecule has 0 aromatic carbocycles. The van der Waals surface area contributed by atoms with Crippen LogP contribution in [-0.2, 0) is 6.54 Å². The van der Waals surface area contributed by atoms with E-state index in [0.717, 1.165) is 49.7 Å². The molecule has 0 atom stereocenters. The van der Waals surface area contributed by atoms with Crippen LogP contribution in [0.15, 0.2) is 6.20 Å². The number of aromatic nitrogens is 2. The molecule has 0 saturated heterocycles. The predicted molar refractivity (Wildman–Crippen MR) is 86.8 cm³/mol. The minimum absolute atomic E-state index is 0.331. The third kappa shape index (κ3) is 6.87. The van der Waals surface area contributed by atoms with Crippen molar-refractivity contribution in [1.29, 1.82) is 0 Å². The van der Waals surface area contributed by atoms with E-state index >= 15 is 0 Å². The Hall–Kier alpha value is -1.20. The van der Waals surface area contributed by atoms with Crippen molar-refractivity contribution in [1.82, 2.24) is 20.2 Å². The SMILES string of the molecule is CCCNCc1nc(C(C)C)ncc1OCCCN(C)C. The van der Waals surface area contributed by atoms with E-state index in [2.05, 4.69) is 55.1 Å². The minimum Gasteiger partial charge on any atom is -0.490 e. The zero-order chi connectivity index (χ0) is 15.7. The van der Waals surface area contributed by atoms with Gasteiger partial charge in [0.1, 0.15) is 5.82 Å². The Morgan fingerprint density at radius 1 is 1.33 bits per heavy atom. The van der Waals surface area contributed by atoms with Gasteiger partial charge in [0.25, 0.3) is 0 Å². The Bertz CT molecular complexity index is 407. The fourth-order valence-corrected chi connectivity index (χ4v) is 1.89. The summed E-state index contributed by atoms with van der Waals surface area (Å²) < 4.78 is 5.86. The van der Waals surface area contributed by atoms with Gasteiger partial charge in [-0.25, -0.2) is 9.97 Å². The lowest BCUT2D eigenvalue weighted by molar-refractivity contribution is 0.276. The number of hydrogen-bond donors (Lipinski definition) is 1. The number of rotatable bonds is 10. The monoisotopic (exact) mass is 294 g/mol. The van der Waals surface area contributed by atoms with Gasteiger partial charge >= 0.3 is 0 Å². The van der Waals surface area contributed by atoms with Gasteiger partial charge in [0.2, 0.25) is 0 Å². The summed E-state index contributed by atoms with van der Waals surface area (Å²) in [6.45, 7) is 9.81. The Labute approximate surface area is 129 Å². The van der Waals surface area contributed by atoms with Crippen LogP contribution in [0.5, 0.6) is 5.75 Å². The maximum atomic E-state index is 5.86. The van der Waals surface area contributed by atoms with Gasteiger partial charge in [-0.3, -0.25) is 0 Å². The van der Waals surface area contributed by atoms with Crippen molar-refractivity contribution < 1.29 is 4.74 Å². The van der Waals surface area contributed by atoms with Crippen LogP contribution in [0.3, 0.4) is 0 Å². The fourth-order valence-electron chi connectivity index (χ4n) is 1.89. The van der Waals surface area contributed by atoms with Crippen molar-refractivity contribution in [3.05, 3.63) is 17.7 Å². The molecule has 21 heavy (non-hydrogen) atoms. The molecule has 0 amide bonds. The van der Waals surface area contributed by atoms with Crippen LogP contribution in [0.1, 0.15) is 51.0 Å². The first kappa shape index (κ1) is 17.9. The summed E-state index contributed by atoms with van der Waals surface area (Å²) in [7, 11) is 4.14. The highest BCUT2D eigenvalue weighted by Gasteiger charge is 2.10. The van der Waals surface area contributed by atoms with E-state index in [1.807, 2.05) is 6.20 Å². The largest absolute Gasteiger partial charge is 0.490 e. The van der Waals surface area contributed by atoms with Crippen molar-refractivity contribution in [3.63, 3.8) is 0 Å². The second-order valence-corrected chi connectivity index (χ2v) is 5.88. The van der Waals surface area contributed by atoms with Crippen LogP contribution in [0.4, 0.5) is 0 Å². The Morgan fingerprint density at radius 2 is 2.10 bits per heavy atom. The molecule has 0 spiro atoms. The summed E-state index contributed by atoms with van der Waals surface area (Å²) in [6, 6.07) is 0. The van der Waals surface area contributed by atoms with Crippen molar-refractivity contribution in [2.75, 3.05) is 33.8 Å². The van der Waals surface area contributed by atoms with E-state index in [0.29, 0.717) is 12.5 Å². The summed E-state index contributed by atoms with van der Waals surface area (Å²) in [4.78, 5) is 11.2. The van der Waals surface area contributed by atoms with Gasteiger partial charge in [0.15, 0.2) is 5.75 Å². The Kier molecular flexibility index (Phi) is 8.23. The molecule has 0 aliphatic carbocycles. The quantitative estimate of drug-likeness (QED) is 0.672. The molecule has 1 rings (SSSR count). The average Bonchev–Trinajstić information content (AvgIpc) is 2.44. The summed E-state index contributed by atoms with van der Waals surface area (Å²) in [6.07, 6.45) is 3.93. The van der Waals surface area contributed by atoms with Gasteiger partial charge < -0.3 is 15.0 Å². The van der Waals surface area contributed by atoms with E-state index in [1.165, 1.54) is 0 Å². The fraction of sp³-hybridized carbons (Fsp3) is 0.750. The van der Waals surface area contributed by atoms with E-state index in [4.69, 9.17) is 4.74 Å². The third-order valence-corrected chi connectivity index (χ3v) is 3.09. The minimum atomic E-state index is 0.331. The molecule has 0 unspecified atom stereocenters. The number of hydrogen-bond acceptors (Lipinski definition) is 5. The van der Waals surface area contributed by atoms with Gasteiger partial charge in [-0.1, -0.05) is 20.8 Å². The second kappa shape index (κ2) is 9.68. The van der Waals surface area contributed by atoms with Crippen molar-refractivity contribution in [2.24, 2.45) is 0 Å². The number of nitrogens with zero attached hydrogens (tertiary/aromatic N) is 3. The van der Waals surface area contributed by atoms with Gasteiger partial charge in [-0.05, 0) is 33.5 Å². The van der Waals surface area contributed by atoms with E-state index < -0.39 is 0 Å². The third-order valence-electron chi connectivity index (χ3n) is 3.09. The normalized spacial score (nSPS) is 11.4. The zero-order valence-electron chi connectivity index (χ0n) is 14.1. The van der Waals surface area contributed by atoms with Gasteiger partial charge in [0.05, 0.1) is 18.5 Å². The van der Waals surface area contributed by atoms with Gasteiger partial charge in [0, 0.05) is 19.0 Å². The lowest BCUT2D eigenvalue weighted by atomic mass is 10.2. The van der Waals surface area contributed by atoms with Crippen LogP contribution in [0, 0.1) is 0 Å². The van der Waals surface area contributed by atoms with Crippen LogP contribution in [-0.4, -0.2) is 48.7 Å². The van der Waals surface area contributed by atoms with Crippen LogP contribution in [0.25, 0.3) is 0 Å². The van der Waals surface area contributed by atoms with Crippen LogP contribution in [0.2, 0.25) is 0 Å². The Morgan fingerprint density at radius 3 is 2.71 bits per heavy atom. The molecule has 0 radical (unpaired) electrons. The zero-order valence-corrected chi connectivity index (χ0v) is 14.1. The predicted octanol–water partition coefficient (Wildman–Crippen LogP) is 2.43. The molecule has 0 aliphatic heterocycles. The first-order chi connectivity index (χ1) is 10.0. The smallest absolute Gasteiger partial charge is 0.160 e. The highest BCUT2D eigenvalue weighted by atomic mass is 16.5. The lowest BCUT2D eigenvalue weighted by Crippen LogP contribution is -2.18. The molecule has 1 aromatic heterocycles. The van der Waals surface area contributed by atoms with E-state index in [1.54, 1.807) is 0 Å². The summed E-state index contributed by atoms with van der Waals surface area (Å²) in [5.74, 6) is 2.02. The summed E-state index contributed by atoms with van der Waals surface area (Å²) in [5.41, 5.74) is 0.965. The van der Waals surface area contributed by atoms with Crippen molar-refractivity contribution in [3.8, 4) is 5.75 Å². The first-order valence-electron chi connectivity index (χ1n) is 7.88. The molecule has 5 nitrogen and oxygen atoms in total. The maximum absolute atomic E-state index is 5.86. The Balaban J connectivity index is 2.66. The second-order valence-electron chi connectivity index (χ2n) is 5.88. The molecule has 120 valence electrons. The van der Waals surface area contributed by atoms with Crippen molar-refractivity contribution in [2.45, 2.75) is 46.1 Å². The number of nitrogens with one attached hydrogen (secondary N) is 1. The van der Waals surface area contributed by atoms with Crippen molar-refractivity contribution >= 4 is 0 Å². The van der Waals surface area contributed by atoms with Crippen LogP contribution < -0.4 is 10.1 Å². The maximum Gasteiger partial charge on any atom is 0.160 e. The molecule has 0 aliphatic rings. The summed E-state index contributed by atoms with van der Waals surface area (Å²) >= 11 is 0. The molecule has 0 bridgehead atoms. The van der Waals surface area contributed by atoms with Crippen LogP contribution >= 0.6 is 0 Å². The molecular weight excluding hydrogens is 264 g/mol. The average molecular weight is 294 g/mol. The topological polar surface area (TPSA) is 50.3 Å². The van der Waals surface area contributed by atoms with E-state index in [9.17, 15) is 0 Å². The molecule has 1 aromatic rings. The van der Waals surface area contributed by atoms with Gasteiger partial charge in [-0.15, -0.1) is 0 Å².